The molecular formula is C11H16N4O. The molecule has 0 spiro atoms. The zero-order chi connectivity index (χ0) is 11.5. The predicted octanol–water partition coefficient (Wildman–Crippen LogP) is 0.184. The van der Waals surface area contributed by atoms with Gasteiger partial charge in [0.15, 0.2) is 0 Å². The quantitative estimate of drug-likeness (QED) is 0.501. The van der Waals surface area contributed by atoms with E-state index in [4.69, 9.17) is 16.2 Å². The minimum Gasteiger partial charge on any atom is -0.396 e. The van der Waals surface area contributed by atoms with Crippen molar-refractivity contribution >= 4 is 11.7 Å². The number of nitrogens with one attached hydrogen (secondary N) is 1. The number of nitrogens with two attached hydrogens (primary N) is 1. The van der Waals surface area contributed by atoms with Crippen molar-refractivity contribution < 1.29 is 5.11 Å². The molecule has 0 amide bonds. The number of aliphatic hydroxyl groups excluding tert-OH is 1. The summed E-state index contributed by atoms with van der Waals surface area (Å²) in [6.45, 7) is 1.95. The van der Waals surface area contributed by atoms with Crippen LogP contribution in [0.5, 0.6) is 0 Å². The van der Waals surface area contributed by atoms with E-state index in [1.165, 1.54) is 0 Å². The fourth-order valence-electron chi connectivity index (χ4n) is 1.94. The Morgan fingerprint density at radius 3 is 3.06 bits per heavy atom. The Morgan fingerprint density at radius 2 is 2.44 bits per heavy atom. The third-order valence-electron chi connectivity index (χ3n) is 2.88. The Bertz CT molecular complexity index is 393. The van der Waals surface area contributed by atoms with E-state index >= 15 is 0 Å². The molecule has 0 saturated carbocycles. The van der Waals surface area contributed by atoms with Gasteiger partial charge >= 0.3 is 0 Å². The molecule has 0 radical (unpaired) electrons. The first kappa shape index (κ1) is 10.9. The molecule has 2 rings (SSSR count). The molecule has 1 aliphatic rings. The van der Waals surface area contributed by atoms with Crippen LogP contribution < -0.4 is 10.6 Å². The number of amidine groups is 1. The maximum absolute atomic E-state index is 9.07. The maximum atomic E-state index is 9.07. The van der Waals surface area contributed by atoms with E-state index in [0.29, 0.717) is 11.6 Å². The molecule has 5 heteroatoms. The smallest absolute Gasteiger partial charge is 0.141 e. The van der Waals surface area contributed by atoms with Gasteiger partial charge in [0.1, 0.15) is 17.3 Å². The van der Waals surface area contributed by atoms with Crippen molar-refractivity contribution in [3.63, 3.8) is 0 Å². The van der Waals surface area contributed by atoms with E-state index < -0.39 is 0 Å². The van der Waals surface area contributed by atoms with Crippen LogP contribution >= 0.6 is 0 Å². The lowest BCUT2D eigenvalue weighted by molar-refractivity contribution is 0.238. The van der Waals surface area contributed by atoms with E-state index in [-0.39, 0.29) is 12.4 Å². The molecule has 0 bridgehead atoms. The summed E-state index contributed by atoms with van der Waals surface area (Å²) in [5, 5.41) is 16.4. The van der Waals surface area contributed by atoms with E-state index in [0.717, 1.165) is 25.3 Å². The van der Waals surface area contributed by atoms with E-state index in [1.807, 2.05) is 12.1 Å². The molecule has 1 fully saturated rings. The average molecular weight is 220 g/mol. The molecule has 1 aliphatic heterocycles. The van der Waals surface area contributed by atoms with Gasteiger partial charge in [0.25, 0.3) is 0 Å². The highest BCUT2D eigenvalue weighted by Crippen LogP contribution is 2.21. The van der Waals surface area contributed by atoms with Gasteiger partial charge in [-0.15, -0.1) is 0 Å². The summed E-state index contributed by atoms with van der Waals surface area (Å²) in [4.78, 5) is 6.44. The van der Waals surface area contributed by atoms with Gasteiger partial charge in [0.2, 0.25) is 0 Å². The first-order valence-corrected chi connectivity index (χ1v) is 5.38. The first-order chi connectivity index (χ1) is 7.70. The maximum Gasteiger partial charge on any atom is 0.141 e. The van der Waals surface area contributed by atoms with Crippen LogP contribution in [0, 0.1) is 11.3 Å². The van der Waals surface area contributed by atoms with E-state index in [9.17, 15) is 0 Å². The molecular weight excluding hydrogens is 204 g/mol. The van der Waals surface area contributed by atoms with Crippen molar-refractivity contribution in [3.8, 4) is 0 Å². The van der Waals surface area contributed by atoms with Crippen molar-refractivity contribution in [1.29, 1.82) is 5.41 Å². The molecule has 1 unspecified atom stereocenters. The topological polar surface area (TPSA) is 86.2 Å². The summed E-state index contributed by atoms with van der Waals surface area (Å²) >= 11 is 0. The van der Waals surface area contributed by atoms with Gasteiger partial charge in [-0.3, -0.25) is 5.41 Å². The highest BCUT2D eigenvalue weighted by molar-refractivity contribution is 5.93. The highest BCUT2D eigenvalue weighted by Gasteiger charge is 2.22. The van der Waals surface area contributed by atoms with Crippen LogP contribution in [-0.2, 0) is 0 Å². The van der Waals surface area contributed by atoms with Crippen molar-refractivity contribution in [3.05, 3.63) is 23.9 Å². The van der Waals surface area contributed by atoms with Gasteiger partial charge in [0, 0.05) is 25.6 Å². The second-order valence-corrected chi connectivity index (χ2v) is 4.08. The lowest BCUT2D eigenvalue weighted by atomic mass is 10.1. The molecule has 1 aromatic heterocycles. The fourth-order valence-corrected chi connectivity index (χ4v) is 1.94. The largest absolute Gasteiger partial charge is 0.396 e. The second-order valence-electron chi connectivity index (χ2n) is 4.08. The molecule has 2 heterocycles. The summed E-state index contributed by atoms with van der Waals surface area (Å²) in [6.07, 6.45) is 0.989. The summed E-state index contributed by atoms with van der Waals surface area (Å²) in [5.41, 5.74) is 5.90. The van der Waals surface area contributed by atoms with Gasteiger partial charge in [-0.25, -0.2) is 4.98 Å². The van der Waals surface area contributed by atoms with Crippen LogP contribution in [0.1, 0.15) is 12.1 Å². The number of aromatic nitrogens is 1. The zero-order valence-electron chi connectivity index (χ0n) is 9.06. The minimum absolute atomic E-state index is 0.0141. The molecule has 86 valence electrons. The Balaban J connectivity index is 2.15. The highest BCUT2D eigenvalue weighted by atomic mass is 16.3. The van der Waals surface area contributed by atoms with Crippen LogP contribution in [0.4, 0.5) is 5.82 Å². The van der Waals surface area contributed by atoms with E-state index in [1.54, 1.807) is 6.07 Å². The van der Waals surface area contributed by atoms with Crippen molar-refractivity contribution in [2.75, 3.05) is 24.6 Å². The Labute approximate surface area is 94.4 Å². The summed E-state index contributed by atoms with van der Waals surface area (Å²) in [5.74, 6) is 1.16. The number of rotatable bonds is 3. The van der Waals surface area contributed by atoms with Crippen LogP contribution in [0.15, 0.2) is 18.2 Å². The molecule has 1 atom stereocenters. The lowest BCUT2D eigenvalue weighted by Gasteiger charge is -2.17. The molecule has 0 aliphatic carbocycles. The van der Waals surface area contributed by atoms with Gasteiger partial charge in [-0.05, 0) is 18.6 Å². The fraction of sp³-hybridized carbons (Fsp3) is 0.455. The van der Waals surface area contributed by atoms with Crippen molar-refractivity contribution in [2.45, 2.75) is 6.42 Å². The minimum atomic E-state index is -0.0141. The van der Waals surface area contributed by atoms with Crippen molar-refractivity contribution in [2.24, 2.45) is 11.7 Å². The van der Waals surface area contributed by atoms with Gasteiger partial charge in [0.05, 0.1) is 0 Å². The van der Waals surface area contributed by atoms with Crippen LogP contribution in [0.25, 0.3) is 0 Å². The molecule has 0 aromatic carbocycles. The van der Waals surface area contributed by atoms with Crippen molar-refractivity contribution in [1.82, 2.24) is 4.98 Å². The average Bonchev–Trinajstić information content (AvgIpc) is 2.77. The summed E-state index contributed by atoms with van der Waals surface area (Å²) in [6, 6.07) is 5.49. The SMILES string of the molecule is N=C(N)c1cccc(N2CCC(CO)C2)n1. The second kappa shape index (κ2) is 4.49. The number of pyridine rings is 1. The van der Waals surface area contributed by atoms with Crippen LogP contribution in [0.2, 0.25) is 0 Å². The number of hydrogen-bond acceptors (Lipinski definition) is 4. The number of hydrogen-bond donors (Lipinski definition) is 3. The number of nitrogen functional groups attached to an aromatic ring is 1. The molecule has 16 heavy (non-hydrogen) atoms. The van der Waals surface area contributed by atoms with Crippen LogP contribution in [0.3, 0.4) is 0 Å². The number of aliphatic hydroxyl groups is 1. The zero-order valence-corrected chi connectivity index (χ0v) is 9.06. The summed E-state index contributed by atoms with van der Waals surface area (Å²) in [7, 11) is 0. The Morgan fingerprint density at radius 1 is 1.62 bits per heavy atom. The molecule has 1 saturated heterocycles. The monoisotopic (exact) mass is 220 g/mol. The van der Waals surface area contributed by atoms with Gasteiger partial charge < -0.3 is 15.7 Å². The summed E-state index contributed by atoms with van der Waals surface area (Å²) < 4.78 is 0. The van der Waals surface area contributed by atoms with Gasteiger partial charge in [-0.1, -0.05) is 6.07 Å². The third-order valence-corrected chi connectivity index (χ3v) is 2.88. The van der Waals surface area contributed by atoms with Crippen LogP contribution in [-0.4, -0.2) is 35.6 Å². The molecule has 1 aromatic rings. The Kier molecular flexibility index (Phi) is 3.05. The molecule has 4 N–H and O–H groups in total. The predicted molar refractivity (Wildman–Crippen MR) is 62.7 cm³/mol. The number of anilines is 1. The normalized spacial score (nSPS) is 20.1. The Hall–Kier alpha value is -1.62. The third kappa shape index (κ3) is 2.14. The lowest BCUT2D eigenvalue weighted by Crippen LogP contribution is -2.23. The van der Waals surface area contributed by atoms with Gasteiger partial charge in [-0.2, -0.15) is 0 Å². The molecule has 5 nitrogen and oxygen atoms in total. The standard InChI is InChI=1S/C11H16N4O/c12-11(13)9-2-1-3-10(14-9)15-5-4-8(6-15)7-16/h1-3,8,16H,4-7H2,(H3,12,13). The van der Waals surface area contributed by atoms with E-state index in [2.05, 4.69) is 9.88 Å². The number of nitrogens with zero attached hydrogens (tertiary/aromatic N) is 2. The first-order valence-electron chi connectivity index (χ1n) is 5.38.